The van der Waals surface area contributed by atoms with Crippen LogP contribution in [0.4, 0.5) is 0 Å². The van der Waals surface area contributed by atoms with E-state index in [9.17, 15) is 14.7 Å². The third kappa shape index (κ3) is 2.29. The van der Waals surface area contributed by atoms with Crippen LogP contribution in [0.25, 0.3) is 0 Å². The Morgan fingerprint density at radius 3 is 2.41 bits per heavy atom. The zero-order valence-electron chi connectivity index (χ0n) is 10.2. The van der Waals surface area contributed by atoms with Crippen molar-refractivity contribution in [3.63, 3.8) is 0 Å². The molecule has 2 N–H and O–H groups in total. The fourth-order valence-electron chi connectivity index (χ4n) is 2.75. The lowest BCUT2D eigenvalue weighted by Crippen LogP contribution is -2.44. The monoisotopic (exact) mass is 241 g/mol. The number of nitrogens with one attached hydrogen (secondary N) is 1. The summed E-state index contributed by atoms with van der Waals surface area (Å²) in [4.78, 5) is 23.2. The number of ether oxygens (including phenoxy) is 1. The molecule has 17 heavy (non-hydrogen) atoms. The van der Waals surface area contributed by atoms with Gasteiger partial charge in [0.15, 0.2) is 0 Å². The van der Waals surface area contributed by atoms with E-state index < -0.39 is 17.8 Å². The van der Waals surface area contributed by atoms with E-state index >= 15 is 0 Å². The molecular formula is C12H19NO4. The Hall–Kier alpha value is -1.10. The first-order chi connectivity index (χ1) is 8.00. The molecule has 2 heterocycles. The number of carboxylic acids is 1. The Labute approximate surface area is 101 Å². The lowest BCUT2D eigenvalue weighted by atomic mass is 9.78. The third-order valence-electron chi connectivity index (χ3n) is 3.55. The molecule has 0 unspecified atom stereocenters. The second-order valence-corrected chi connectivity index (χ2v) is 5.32. The highest BCUT2D eigenvalue weighted by atomic mass is 16.5. The van der Waals surface area contributed by atoms with Crippen LogP contribution >= 0.6 is 0 Å². The number of amides is 1. The van der Waals surface area contributed by atoms with E-state index in [2.05, 4.69) is 5.32 Å². The van der Waals surface area contributed by atoms with E-state index in [1.54, 1.807) is 0 Å². The molecule has 4 atom stereocenters. The van der Waals surface area contributed by atoms with Crippen molar-refractivity contribution in [2.75, 3.05) is 6.54 Å². The molecule has 0 saturated carbocycles. The summed E-state index contributed by atoms with van der Waals surface area (Å²) in [6.07, 6.45) is 1.09. The molecule has 2 fully saturated rings. The molecule has 0 aliphatic carbocycles. The van der Waals surface area contributed by atoms with Gasteiger partial charge in [-0.15, -0.1) is 0 Å². The molecule has 2 aliphatic rings. The van der Waals surface area contributed by atoms with Crippen molar-refractivity contribution in [3.8, 4) is 0 Å². The molecule has 2 aliphatic heterocycles. The fraction of sp³-hybridized carbons (Fsp3) is 0.833. The highest BCUT2D eigenvalue weighted by molar-refractivity contribution is 5.86. The van der Waals surface area contributed by atoms with Crippen LogP contribution in [-0.4, -0.2) is 35.7 Å². The van der Waals surface area contributed by atoms with Gasteiger partial charge in [-0.2, -0.15) is 0 Å². The first-order valence-corrected chi connectivity index (χ1v) is 6.16. The zero-order chi connectivity index (χ0) is 12.6. The number of aliphatic carboxylic acids is 1. The van der Waals surface area contributed by atoms with Crippen molar-refractivity contribution < 1.29 is 19.4 Å². The lowest BCUT2D eigenvalue weighted by molar-refractivity contribution is -0.147. The molecule has 96 valence electrons. The normalized spacial score (nSPS) is 35.2. The maximum Gasteiger partial charge on any atom is 0.310 e. The fourth-order valence-corrected chi connectivity index (χ4v) is 2.75. The summed E-state index contributed by atoms with van der Waals surface area (Å²) in [5, 5.41) is 12.0. The van der Waals surface area contributed by atoms with Crippen molar-refractivity contribution in [1.29, 1.82) is 0 Å². The van der Waals surface area contributed by atoms with Crippen molar-refractivity contribution in [2.24, 2.45) is 17.8 Å². The van der Waals surface area contributed by atoms with Crippen LogP contribution in [0.5, 0.6) is 0 Å². The van der Waals surface area contributed by atoms with Crippen molar-refractivity contribution in [1.82, 2.24) is 5.32 Å². The van der Waals surface area contributed by atoms with Crippen LogP contribution in [0.15, 0.2) is 0 Å². The summed E-state index contributed by atoms with van der Waals surface area (Å²) < 4.78 is 5.55. The average Bonchev–Trinajstić information content (AvgIpc) is 2.84. The molecule has 0 spiro atoms. The molecule has 5 heteroatoms. The molecule has 1 amide bonds. The minimum Gasteiger partial charge on any atom is -0.481 e. The van der Waals surface area contributed by atoms with Crippen molar-refractivity contribution in [3.05, 3.63) is 0 Å². The Bertz CT molecular complexity index is 328. The Morgan fingerprint density at radius 2 is 1.88 bits per heavy atom. The number of carbonyl (C=O) groups is 2. The van der Waals surface area contributed by atoms with Gasteiger partial charge >= 0.3 is 5.97 Å². The van der Waals surface area contributed by atoms with Gasteiger partial charge in [0, 0.05) is 6.54 Å². The van der Waals surface area contributed by atoms with Crippen LogP contribution in [0.2, 0.25) is 0 Å². The number of carboxylic acid groups (broad SMARTS) is 1. The summed E-state index contributed by atoms with van der Waals surface area (Å²) >= 11 is 0. The van der Waals surface area contributed by atoms with Gasteiger partial charge in [0.2, 0.25) is 5.91 Å². The predicted octanol–water partition coefficient (Wildman–Crippen LogP) is 0.637. The second kappa shape index (κ2) is 4.64. The van der Waals surface area contributed by atoms with Crippen LogP contribution in [0, 0.1) is 17.8 Å². The average molecular weight is 241 g/mol. The molecule has 0 aromatic heterocycles. The van der Waals surface area contributed by atoms with E-state index in [0.29, 0.717) is 12.5 Å². The number of hydrogen-bond acceptors (Lipinski definition) is 3. The molecule has 2 bridgehead atoms. The molecule has 2 saturated heterocycles. The summed E-state index contributed by atoms with van der Waals surface area (Å²) in [7, 11) is 0. The number of hydrogen-bond donors (Lipinski definition) is 2. The number of fused-ring (bicyclic) bond motifs is 2. The Kier molecular flexibility index (Phi) is 3.38. The van der Waals surface area contributed by atoms with E-state index in [1.165, 1.54) is 0 Å². The van der Waals surface area contributed by atoms with Gasteiger partial charge in [-0.1, -0.05) is 13.8 Å². The van der Waals surface area contributed by atoms with Gasteiger partial charge in [0.1, 0.15) is 0 Å². The summed E-state index contributed by atoms with van der Waals surface area (Å²) in [5.41, 5.74) is 0. The molecule has 2 rings (SSSR count). The van der Waals surface area contributed by atoms with Crippen molar-refractivity contribution >= 4 is 11.9 Å². The highest BCUT2D eigenvalue weighted by Gasteiger charge is 2.55. The topological polar surface area (TPSA) is 75.6 Å². The summed E-state index contributed by atoms with van der Waals surface area (Å²) in [5.74, 6) is -1.90. The first-order valence-electron chi connectivity index (χ1n) is 6.16. The van der Waals surface area contributed by atoms with Gasteiger partial charge in [-0.3, -0.25) is 9.59 Å². The molecular weight excluding hydrogens is 222 g/mol. The van der Waals surface area contributed by atoms with E-state index in [1.807, 2.05) is 13.8 Å². The van der Waals surface area contributed by atoms with E-state index in [4.69, 9.17) is 4.74 Å². The van der Waals surface area contributed by atoms with Crippen LogP contribution in [-0.2, 0) is 14.3 Å². The Balaban J connectivity index is 2.03. The van der Waals surface area contributed by atoms with Gasteiger partial charge in [0.05, 0.1) is 24.0 Å². The minimum absolute atomic E-state index is 0.168. The smallest absolute Gasteiger partial charge is 0.310 e. The van der Waals surface area contributed by atoms with Gasteiger partial charge in [-0.25, -0.2) is 0 Å². The molecule has 0 aromatic carbocycles. The van der Waals surface area contributed by atoms with Gasteiger partial charge in [0.25, 0.3) is 0 Å². The molecule has 0 aromatic rings. The Morgan fingerprint density at radius 1 is 1.29 bits per heavy atom. The van der Waals surface area contributed by atoms with Crippen LogP contribution < -0.4 is 5.32 Å². The zero-order valence-corrected chi connectivity index (χ0v) is 10.2. The van der Waals surface area contributed by atoms with Crippen molar-refractivity contribution in [2.45, 2.75) is 38.9 Å². The van der Waals surface area contributed by atoms with E-state index in [-0.39, 0.29) is 18.1 Å². The standard InChI is InChI=1S/C12H19NO4/c1-6(2)5-13-11(14)9-7-3-4-8(17-7)10(9)12(15)16/h6-10H,3-5H2,1-2H3,(H,13,14)(H,15,16)/t7-,8+,9-,10+/m1/s1. The number of carbonyl (C=O) groups excluding carboxylic acids is 1. The molecule has 0 radical (unpaired) electrons. The maximum atomic E-state index is 12.0. The largest absolute Gasteiger partial charge is 0.481 e. The SMILES string of the molecule is CC(C)CNC(=O)[C@H]1[C@@H](C(=O)O)[C@@H]2CC[C@H]1O2. The minimum atomic E-state index is -0.915. The third-order valence-corrected chi connectivity index (χ3v) is 3.55. The highest BCUT2D eigenvalue weighted by Crippen LogP contribution is 2.43. The summed E-state index contributed by atoms with van der Waals surface area (Å²) in [6, 6.07) is 0. The summed E-state index contributed by atoms with van der Waals surface area (Å²) in [6.45, 7) is 4.59. The first kappa shape index (κ1) is 12.4. The van der Waals surface area contributed by atoms with E-state index in [0.717, 1.165) is 12.8 Å². The van der Waals surface area contributed by atoms with Gasteiger partial charge in [-0.05, 0) is 18.8 Å². The van der Waals surface area contributed by atoms with Crippen LogP contribution in [0.3, 0.4) is 0 Å². The van der Waals surface area contributed by atoms with Crippen LogP contribution in [0.1, 0.15) is 26.7 Å². The second-order valence-electron chi connectivity index (χ2n) is 5.32. The predicted molar refractivity (Wildman–Crippen MR) is 60.4 cm³/mol. The quantitative estimate of drug-likeness (QED) is 0.757. The number of rotatable bonds is 4. The lowest BCUT2D eigenvalue weighted by Gasteiger charge is -2.24. The van der Waals surface area contributed by atoms with Gasteiger partial charge < -0.3 is 15.2 Å². The molecule has 5 nitrogen and oxygen atoms in total. The maximum absolute atomic E-state index is 12.0.